The van der Waals surface area contributed by atoms with Gasteiger partial charge in [-0.25, -0.2) is 0 Å². The first kappa shape index (κ1) is 33.4. The van der Waals surface area contributed by atoms with E-state index in [0.717, 1.165) is 37.5 Å². The van der Waals surface area contributed by atoms with E-state index in [2.05, 4.69) is 29.7 Å². The molecule has 12 heteroatoms. The van der Waals surface area contributed by atoms with E-state index in [0.29, 0.717) is 30.3 Å². The van der Waals surface area contributed by atoms with Crippen LogP contribution in [0.4, 0.5) is 0 Å². The summed E-state index contributed by atoms with van der Waals surface area (Å²) in [5.74, 6) is 2.01. The number of ether oxygens (including phenoxy) is 3. The number of rotatable bonds is 3. The highest BCUT2D eigenvalue weighted by Crippen LogP contribution is 2.55. The van der Waals surface area contributed by atoms with Crippen LogP contribution in [0.3, 0.4) is 0 Å². The molecule has 0 aromatic carbocycles. The van der Waals surface area contributed by atoms with Gasteiger partial charge in [-0.3, -0.25) is 24.0 Å². The average molecular weight is 596 g/mol. The molecule has 2 heterocycles. The Hall–Kier alpha value is -2.46. The molecule has 6 aliphatic carbocycles. The highest BCUT2D eigenvalue weighted by molar-refractivity contribution is 6.75. The quantitative estimate of drug-likeness (QED) is 0.162. The Kier molecular flexibility index (Phi) is 11.3. The maximum absolute atomic E-state index is 11.2. The number of hydrogen-bond donors (Lipinski definition) is 2. The first-order valence-corrected chi connectivity index (χ1v) is 15.6. The molecule has 2 saturated heterocycles. The third-order valence-electron chi connectivity index (χ3n) is 10.9. The Morgan fingerprint density at radius 3 is 1.44 bits per heavy atom. The lowest BCUT2D eigenvalue weighted by molar-refractivity contribution is -0.156. The zero-order chi connectivity index (χ0) is 31.4. The summed E-state index contributed by atoms with van der Waals surface area (Å²) in [6.07, 6.45) is 12.2. The van der Waals surface area contributed by atoms with Gasteiger partial charge in [-0.15, -0.1) is 0 Å². The minimum absolute atomic E-state index is 0.0590. The second-order valence-electron chi connectivity index (χ2n) is 12.8. The second kappa shape index (κ2) is 14.5. The summed E-state index contributed by atoms with van der Waals surface area (Å²) in [4.78, 5) is 54.6. The fraction of sp³-hybridized carbons (Fsp3) is 0.774. The summed E-state index contributed by atoms with van der Waals surface area (Å²) in [5.41, 5.74) is 0. The van der Waals surface area contributed by atoms with E-state index in [1.165, 1.54) is 26.2 Å². The molecule has 12 atom stereocenters. The molecule has 2 N–H and O–H groups in total. The molecule has 0 spiro atoms. The highest BCUT2D eigenvalue weighted by Gasteiger charge is 2.60. The van der Waals surface area contributed by atoms with E-state index in [1.807, 2.05) is 12.2 Å². The van der Waals surface area contributed by atoms with Crippen molar-refractivity contribution in [3.8, 4) is 0 Å². The molecule has 0 aromatic heterocycles. The Morgan fingerprint density at radius 2 is 1.09 bits per heavy atom. The minimum atomic E-state index is -0.304. The molecule has 10 nitrogen and oxygen atoms in total. The van der Waals surface area contributed by atoms with Crippen LogP contribution < -0.4 is 0 Å². The number of hydrogen-bond acceptors (Lipinski definition) is 10. The molecule has 8 rings (SSSR count). The lowest BCUT2D eigenvalue weighted by atomic mass is 9.80. The normalized spacial score (nSPS) is 40.9. The Labute approximate surface area is 255 Å². The van der Waals surface area contributed by atoms with Gasteiger partial charge in [-0.05, 0) is 99.2 Å². The number of cyclic esters (lactones) is 4. The molecule has 6 bridgehead atoms. The number of aliphatic hydroxyl groups excluding tert-OH is 2. The summed E-state index contributed by atoms with van der Waals surface area (Å²) in [5, 5.41) is 18.2. The largest absolute Gasteiger partial charge is 0.466 e. The molecule has 43 heavy (non-hydrogen) atoms. The predicted octanol–water partition coefficient (Wildman–Crippen LogP) is 1.68. The van der Waals surface area contributed by atoms with Gasteiger partial charge >= 0.3 is 29.8 Å². The van der Waals surface area contributed by atoms with Crippen molar-refractivity contribution in [1.82, 2.24) is 0 Å². The molecule has 5 saturated carbocycles. The number of carbonyl (C=O) groups is 5. The molecule has 232 valence electrons. The smallest absolute Gasteiger partial charge is 0.318 e. The van der Waals surface area contributed by atoms with Gasteiger partial charge in [0.2, 0.25) is 0 Å². The van der Waals surface area contributed by atoms with Crippen molar-refractivity contribution >= 4 is 45.3 Å². The fourth-order valence-corrected chi connectivity index (χ4v) is 9.21. The molecule has 0 aromatic rings. The van der Waals surface area contributed by atoms with Crippen molar-refractivity contribution in [1.29, 1.82) is 0 Å². The van der Waals surface area contributed by atoms with Gasteiger partial charge in [0.1, 0.15) is 0 Å². The van der Waals surface area contributed by atoms with Crippen LogP contribution in [-0.2, 0) is 38.2 Å². The van der Waals surface area contributed by atoms with E-state index >= 15 is 0 Å². The predicted molar refractivity (Wildman–Crippen MR) is 154 cm³/mol. The number of fused-ring (bicyclic) bond motifs is 12. The molecule has 8 aliphatic rings. The van der Waals surface area contributed by atoms with Crippen molar-refractivity contribution in [2.75, 3.05) is 19.8 Å². The van der Waals surface area contributed by atoms with Crippen LogP contribution in [0.15, 0.2) is 12.2 Å². The monoisotopic (exact) mass is 596 g/mol. The lowest BCUT2D eigenvalue weighted by Crippen LogP contribution is -2.27. The number of carbonyl (C=O) groups excluding carboxylic acids is 5. The summed E-state index contributed by atoms with van der Waals surface area (Å²) in [7, 11) is 8.00. The topological polar surface area (TPSA) is 154 Å². The zero-order valence-corrected chi connectivity index (χ0v) is 25.0. The molecular weight excluding hydrogens is 554 g/mol. The summed E-state index contributed by atoms with van der Waals surface area (Å²) < 4.78 is 13.6. The van der Waals surface area contributed by atoms with Crippen LogP contribution in [0.2, 0.25) is 0 Å². The first-order valence-electron chi connectivity index (χ1n) is 15.6. The van der Waals surface area contributed by atoms with Crippen LogP contribution in [0.25, 0.3) is 0 Å². The van der Waals surface area contributed by atoms with E-state index in [4.69, 9.17) is 10.2 Å². The van der Waals surface area contributed by atoms with Gasteiger partial charge < -0.3 is 24.4 Å². The third-order valence-corrected chi connectivity index (χ3v) is 10.9. The maximum atomic E-state index is 11.2. The molecule has 0 unspecified atom stereocenters. The van der Waals surface area contributed by atoms with Gasteiger partial charge in [0.05, 0.1) is 30.3 Å². The number of allylic oxidation sites excluding steroid dienone is 2. The highest BCUT2D eigenvalue weighted by atomic mass is 16.6. The van der Waals surface area contributed by atoms with Crippen LogP contribution in [0, 0.1) is 71.0 Å². The lowest BCUT2D eigenvalue weighted by Gasteiger charge is -2.27. The van der Waals surface area contributed by atoms with E-state index in [-0.39, 0.29) is 78.6 Å². The van der Waals surface area contributed by atoms with Gasteiger partial charge in [-0.1, -0.05) is 12.2 Å². The molecule has 4 radical (unpaired) electrons. The Bertz CT molecular complexity index is 1020. The van der Waals surface area contributed by atoms with Gasteiger partial charge in [0, 0.05) is 35.6 Å². The van der Waals surface area contributed by atoms with E-state index < -0.39 is 0 Å². The average Bonchev–Trinajstić information content (AvgIpc) is 3.85. The van der Waals surface area contributed by atoms with Gasteiger partial charge in [-0.2, -0.15) is 0 Å². The summed E-state index contributed by atoms with van der Waals surface area (Å²) >= 11 is 0. The van der Waals surface area contributed by atoms with Crippen molar-refractivity contribution in [3.63, 3.8) is 0 Å². The Balaban J connectivity index is 0.000000132. The summed E-state index contributed by atoms with van der Waals surface area (Å²) in [6.45, 7) is 4.22. The van der Waals surface area contributed by atoms with E-state index in [1.54, 1.807) is 6.92 Å². The first-order chi connectivity index (χ1) is 20.7. The Morgan fingerprint density at radius 1 is 0.721 bits per heavy atom. The van der Waals surface area contributed by atoms with Crippen molar-refractivity contribution in [2.24, 2.45) is 71.0 Å². The molecule has 2 aliphatic heterocycles. The van der Waals surface area contributed by atoms with E-state index in [9.17, 15) is 24.0 Å². The van der Waals surface area contributed by atoms with Gasteiger partial charge in [0.15, 0.2) is 0 Å². The fourth-order valence-electron chi connectivity index (χ4n) is 9.21. The second-order valence-corrected chi connectivity index (χ2v) is 12.8. The van der Waals surface area contributed by atoms with Gasteiger partial charge in [0.25, 0.3) is 0 Å². The van der Waals surface area contributed by atoms with Crippen LogP contribution in [-0.4, -0.2) is 75.4 Å². The SMILES string of the molecule is CCOC(C)=O.O=C1OC(=O)[C@H]2[C@@H]1[C@H]1C=C[C@@H]2C1.O=C1OC(=O)[C@H]2[C@H]3CC[C@H](C3)[C@@H]12.OC[C@@H]1[C@@H]2CC[C@@H](C2)[C@@H]1CO.[B][B]. The third kappa shape index (κ3) is 6.65. The summed E-state index contributed by atoms with van der Waals surface area (Å²) in [6, 6.07) is 0. The number of aliphatic hydroxyl groups is 2. The van der Waals surface area contributed by atoms with Crippen LogP contribution >= 0.6 is 0 Å². The van der Waals surface area contributed by atoms with Crippen LogP contribution in [0.1, 0.15) is 58.8 Å². The van der Waals surface area contributed by atoms with Crippen molar-refractivity contribution in [3.05, 3.63) is 12.2 Å². The maximum Gasteiger partial charge on any atom is 0.318 e. The van der Waals surface area contributed by atoms with Crippen molar-refractivity contribution in [2.45, 2.75) is 58.8 Å². The zero-order valence-electron chi connectivity index (χ0n) is 25.0. The molecular formula is C31H42B2O10. The molecule has 0 amide bonds. The number of esters is 5. The molecule has 7 fully saturated rings. The minimum Gasteiger partial charge on any atom is -0.466 e. The van der Waals surface area contributed by atoms with Crippen LogP contribution in [0.5, 0.6) is 0 Å². The standard InChI is InChI=1S/C9H10O3.C9H8O3.C9H16O2.C4H8O2.B2/c2*10-8-6-4-1-2-5(3-4)7(6)9(11)12-8;10-4-8-6-1-2-7(3-6)9(8)5-11;1-3-6-4(2)5;1-2/h4-7H,1-3H2;1-2,4-7H,3H2;6-11H,1-5H2;3H2,1-2H3;/t2*4-,5+,6-,7+;6-,7+,8-,9+;;. The van der Waals surface area contributed by atoms with Crippen molar-refractivity contribution < 1.29 is 48.4 Å².